The van der Waals surface area contributed by atoms with E-state index in [1.54, 1.807) is 0 Å². The molecule has 1 nitrogen and oxygen atoms in total. The molecule has 0 amide bonds. The molecule has 0 saturated carbocycles. The molecule has 0 rings (SSSR count). The van der Waals surface area contributed by atoms with E-state index < -0.39 is 37.4 Å². The molecular weight excluding hydrogens is 252 g/mol. The van der Waals surface area contributed by atoms with Gasteiger partial charge in [-0.05, 0) is 6.92 Å². The Bertz CT molecular complexity index is 243. The van der Waals surface area contributed by atoms with Crippen LogP contribution in [0, 0.1) is 0 Å². The van der Waals surface area contributed by atoms with E-state index in [9.17, 15) is 35.1 Å². The van der Waals surface area contributed by atoms with Crippen LogP contribution in [0.15, 0.2) is 0 Å². The topological polar surface area (TPSA) is 9.23 Å². The molecule has 1 atom stereocenters. The molecule has 0 aliphatic carbocycles. The largest absolute Gasteiger partial charge is 0.428 e. The van der Waals surface area contributed by atoms with Gasteiger partial charge in [0.1, 0.15) is 6.67 Å². The average molecular weight is 260 g/mol. The normalized spacial score (nSPS) is 18.4. The van der Waals surface area contributed by atoms with Crippen LogP contribution >= 0.6 is 0 Å². The third kappa shape index (κ3) is 2.96. The zero-order valence-corrected chi connectivity index (χ0v) is 8.14. The lowest BCUT2D eigenvalue weighted by Gasteiger charge is -2.33. The average Bonchev–Trinajstić information content (AvgIpc) is 2.00. The van der Waals surface area contributed by atoms with Crippen LogP contribution in [0.3, 0.4) is 0 Å². The summed E-state index contributed by atoms with van der Waals surface area (Å²) >= 11 is 0. The Balaban J connectivity index is 5.07. The van der Waals surface area contributed by atoms with Gasteiger partial charge < -0.3 is 0 Å². The lowest BCUT2D eigenvalue weighted by molar-refractivity contribution is -0.432. The molecule has 0 saturated heterocycles. The number of hydrogen-bond donors (Lipinski definition) is 0. The molecule has 16 heavy (non-hydrogen) atoms. The molecule has 0 spiro atoms. The maximum absolute atomic E-state index is 12.6. The van der Waals surface area contributed by atoms with Crippen molar-refractivity contribution in [3.63, 3.8) is 0 Å². The molecule has 0 radical (unpaired) electrons. The molecule has 0 N–H and O–H groups in total. The van der Waals surface area contributed by atoms with Crippen LogP contribution in [0.4, 0.5) is 35.1 Å². The smallest absolute Gasteiger partial charge is 0.275 e. The Labute approximate surface area is 85.4 Å². The second kappa shape index (κ2) is 4.01. The maximum Gasteiger partial charge on any atom is 0.428 e. The molecule has 0 aromatic heterocycles. The van der Waals surface area contributed by atoms with E-state index in [0.717, 1.165) is 0 Å². The summed E-state index contributed by atoms with van der Waals surface area (Å²) in [6, 6.07) is 0. The minimum absolute atomic E-state index is 0.0742. The van der Waals surface area contributed by atoms with E-state index in [1.807, 2.05) is 0 Å². The summed E-state index contributed by atoms with van der Waals surface area (Å²) in [5.41, 5.74) is 0. The zero-order valence-electron chi connectivity index (χ0n) is 8.14. The summed E-state index contributed by atoms with van der Waals surface area (Å²) in [7, 11) is 0. The van der Waals surface area contributed by atoms with Gasteiger partial charge in [-0.3, -0.25) is 4.74 Å². The van der Waals surface area contributed by atoms with Crippen LogP contribution in [-0.4, -0.2) is 30.5 Å². The number of halogens is 8. The summed E-state index contributed by atoms with van der Waals surface area (Å²) < 4.78 is 101. The molecule has 0 aromatic rings. The van der Waals surface area contributed by atoms with Crippen molar-refractivity contribution in [3.05, 3.63) is 0 Å². The SMILES string of the molecule is CC(F)(CF)OC(F)(F)C(F)(F)C(C)(F)F. The van der Waals surface area contributed by atoms with Gasteiger partial charge in [-0.2, -0.15) is 26.3 Å². The quantitative estimate of drug-likeness (QED) is 0.687. The van der Waals surface area contributed by atoms with Gasteiger partial charge in [0.15, 0.2) is 0 Å². The molecule has 0 aliphatic rings. The Morgan fingerprint density at radius 1 is 0.875 bits per heavy atom. The van der Waals surface area contributed by atoms with Gasteiger partial charge in [0.2, 0.25) is 5.85 Å². The number of ether oxygens (including phenoxy) is 1. The third-order valence-corrected chi connectivity index (χ3v) is 1.50. The van der Waals surface area contributed by atoms with Crippen LogP contribution in [0.25, 0.3) is 0 Å². The van der Waals surface area contributed by atoms with Crippen molar-refractivity contribution in [1.29, 1.82) is 0 Å². The molecular formula is C7H8F8O. The minimum Gasteiger partial charge on any atom is -0.275 e. The van der Waals surface area contributed by atoms with E-state index in [-0.39, 0.29) is 6.92 Å². The van der Waals surface area contributed by atoms with Crippen LogP contribution < -0.4 is 0 Å². The van der Waals surface area contributed by atoms with Gasteiger partial charge in [0, 0.05) is 6.92 Å². The summed E-state index contributed by atoms with van der Waals surface area (Å²) in [4.78, 5) is 0. The van der Waals surface area contributed by atoms with Crippen molar-refractivity contribution in [2.75, 3.05) is 6.67 Å². The first-order chi connectivity index (χ1) is 6.77. The van der Waals surface area contributed by atoms with Crippen molar-refractivity contribution in [3.8, 4) is 0 Å². The van der Waals surface area contributed by atoms with Gasteiger partial charge in [-0.1, -0.05) is 0 Å². The fourth-order valence-electron chi connectivity index (χ4n) is 0.614. The number of rotatable bonds is 5. The highest BCUT2D eigenvalue weighted by Gasteiger charge is 2.72. The first kappa shape index (κ1) is 15.4. The first-order valence-electron chi connectivity index (χ1n) is 3.85. The molecule has 0 aliphatic heterocycles. The van der Waals surface area contributed by atoms with E-state index >= 15 is 0 Å². The van der Waals surface area contributed by atoms with E-state index in [2.05, 4.69) is 4.74 Å². The highest BCUT2D eigenvalue weighted by atomic mass is 19.3. The lowest BCUT2D eigenvalue weighted by atomic mass is 10.2. The lowest BCUT2D eigenvalue weighted by Crippen LogP contribution is -2.56. The van der Waals surface area contributed by atoms with Crippen LogP contribution in [0.1, 0.15) is 13.8 Å². The Hall–Kier alpha value is -0.600. The Kier molecular flexibility index (Phi) is 3.86. The summed E-state index contributed by atoms with van der Waals surface area (Å²) in [5, 5.41) is 0. The van der Waals surface area contributed by atoms with E-state index in [4.69, 9.17) is 0 Å². The molecule has 0 heterocycles. The summed E-state index contributed by atoms with van der Waals surface area (Å²) in [6.07, 6.45) is -5.83. The predicted molar refractivity (Wildman–Crippen MR) is 37.1 cm³/mol. The zero-order chi connectivity index (χ0) is 13.4. The van der Waals surface area contributed by atoms with Gasteiger partial charge in [0.05, 0.1) is 0 Å². The van der Waals surface area contributed by atoms with Gasteiger partial charge >= 0.3 is 18.0 Å². The van der Waals surface area contributed by atoms with Crippen LogP contribution in [0.5, 0.6) is 0 Å². The molecule has 0 aromatic carbocycles. The fourth-order valence-corrected chi connectivity index (χ4v) is 0.614. The first-order valence-corrected chi connectivity index (χ1v) is 3.85. The molecule has 0 bridgehead atoms. The van der Waals surface area contributed by atoms with Crippen molar-refractivity contribution in [2.24, 2.45) is 0 Å². The van der Waals surface area contributed by atoms with E-state index in [0.29, 0.717) is 0 Å². The van der Waals surface area contributed by atoms with Crippen molar-refractivity contribution in [1.82, 2.24) is 0 Å². The second-order valence-electron chi connectivity index (χ2n) is 3.32. The summed E-state index contributed by atoms with van der Waals surface area (Å²) in [6.45, 7) is -2.60. The Morgan fingerprint density at radius 3 is 1.50 bits per heavy atom. The monoisotopic (exact) mass is 260 g/mol. The second-order valence-corrected chi connectivity index (χ2v) is 3.32. The molecule has 98 valence electrons. The molecule has 9 heteroatoms. The van der Waals surface area contributed by atoms with Gasteiger partial charge in [0.25, 0.3) is 0 Å². The third-order valence-electron chi connectivity index (χ3n) is 1.50. The van der Waals surface area contributed by atoms with Crippen molar-refractivity contribution >= 4 is 0 Å². The van der Waals surface area contributed by atoms with Crippen molar-refractivity contribution in [2.45, 2.75) is 37.7 Å². The molecule has 1 unspecified atom stereocenters. The highest BCUT2D eigenvalue weighted by molar-refractivity contribution is 4.89. The van der Waals surface area contributed by atoms with Crippen molar-refractivity contribution < 1.29 is 39.9 Å². The van der Waals surface area contributed by atoms with Gasteiger partial charge in [-0.25, -0.2) is 8.78 Å². The highest BCUT2D eigenvalue weighted by Crippen LogP contribution is 2.47. The van der Waals surface area contributed by atoms with Gasteiger partial charge in [-0.15, -0.1) is 0 Å². The fraction of sp³-hybridized carbons (Fsp3) is 1.00. The standard InChI is InChI=1S/C7H8F8O/c1-4(9,3-8)16-7(14,15)6(12,13)5(2,10)11/h3H2,1-2H3. The van der Waals surface area contributed by atoms with Crippen LogP contribution in [0.2, 0.25) is 0 Å². The predicted octanol–water partition coefficient (Wildman–Crippen LogP) is 3.54. The summed E-state index contributed by atoms with van der Waals surface area (Å²) in [5.74, 6) is -14.9. The Morgan fingerprint density at radius 2 is 1.25 bits per heavy atom. The minimum atomic E-state index is -5.96. The molecule has 0 fully saturated rings. The number of hydrogen-bond acceptors (Lipinski definition) is 1. The number of alkyl halides is 8. The van der Waals surface area contributed by atoms with Crippen LogP contribution in [-0.2, 0) is 4.74 Å². The maximum atomic E-state index is 12.6. The van der Waals surface area contributed by atoms with E-state index in [1.165, 1.54) is 0 Å².